The first-order valence-electron chi connectivity index (χ1n) is 7.91. The van der Waals surface area contributed by atoms with E-state index < -0.39 is 19.8 Å². The normalized spacial score (nSPS) is 10.6. The predicted molar refractivity (Wildman–Crippen MR) is 89.5 cm³/mol. The summed E-state index contributed by atoms with van der Waals surface area (Å²) in [5.74, 6) is -0.958. The molecule has 0 aromatic heterocycles. The number of carbonyl (C=O) groups excluding carboxylic acids is 2. The molecule has 0 atom stereocenters. The molecular weight excluding hydrogens is 374 g/mol. The van der Waals surface area contributed by atoms with Crippen LogP contribution in [0.25, 0.3) is 0 Å². The number of esters is 2. The largest absolute Gasteiger partial charge is 1.00 e. The van der Waals surface area contributed by atoms with Crippen molar-refractivity contribution in [3.63, 3.8) is 0 Å². The van der Waals surface area contributed by atoms with Gasteiger partial charge in [-0.1, -0.05) is 13.2 Å². The summed E-state index contributed by atoms with van der Waals surface area (Å²) in [7, 11) is -4.35. The molecule has 0 aromatic rings. The summed E-state index contributed by atoms with van der Waals surface area (Å²) in [6.07, 6.45) is 1.73. The minimum atomic E-state index is -4.35. The number of phosphoric acid groups is 1. The van der Waals surface area contributed by atoms with Crippen LogP contribution in [0.15, 0.2) is 24.3 Å². The van der Waals surface area contributed by atoms with Crippen LogP contribution in [0.3, 0.4) is 0 Å². The molecule has 10 heteroatoms. The number of hydrogen-bond acceptors (Lipinski definition) is 8. The first-order chi connectivity index (χ1) is 11.7. The summed E-state index contributed by atoms with van der Waals surface area (Å²) >= 11 is 0. The molecule has 0 radical (unpaired) electrons. The van der Waals surface area contributed by atoms with E-state index in [0.29, 0.717) is 36.8 Å². The molecule has 144 valence electrons. The summed E-state index contributed by atoms with van der Waals surface area (Å²) in [4.78, 5) is 33.7. The molecule has 0 saturated heterocycles. The minimum Gasteiger partial charge on any atom is -0.756 e. The van der Waals surface area contributed by atoms with Gasteiger partial charge in [-0.2, -0.15) is 0 Å². The third kappa shape index (κ3) is 15.8. The predicted octanol–water partition coefficient (Wildman–Crippen LogP) is -0.709. The van der Waals surface area contributed by atoms with Gasteiger partial charge in [0, 0.05) is 11.1 Å². The maximum atomic E-state index is 11.5. The van der Waals surface area contributed by atoms with E-state index in [1.807, 2.05) is 0 Å². The van der Waals surface area contributed by atoms with E-state index >= 15 is 0 Å². The topological polar surface area (TPSA) is 111 Å². The van der Waals surface area contributed by atoms with Crippen molar-refractivity contribution in [2.24, 2.45) is 0 Å². The van der Waals surface area contributed by atoms with Crippen LogP contribution in [0.5, 0.6) is 0 Å². The fourth-order valence-electron chi connectivity index (χ4n) is 1.37. The zero-order chi connectivity index (χ0) is 19.3. The van der Waals surface area contributed by atoms with Crippen LogP contribution in [-0.4, -0.2) is 38.4 Å². The Morgan fingerprint density at radius 3 is 1.42 bits per heavy atom. The third-order valence-corrected chi connectivity index (χ3v) is 3.74. The second-order valence-electron chi connectivity index (χ2n) is 5.36. The zero-order valence-electron chi connectivity index (χ0n) is 15.8. The molecule has 0 fully saturated rings. The Labute approximate surface area is 176 Å². The molecule has 0 aliphatic carbocycles. The molecule has 0 aromatic carbocycles. The molecule has 0 rings (SSSR count). The molecule has 0 spiro atoms. The van der Waals surface area contributed by atoms with E-state index in [0.717, 1.165) is 0 Å². The van der Waals surface area contributed by atoms with Crippen molar-refractivity contribution in [2.75, 3.05) is 26.4 Å². The van der Waals surface area contributed by atoms with Crippen molar-refractivity contribution in [1.29, 1.82) is 0 Å². The van der Waals surface area contributed by atoms with Crippen molar-refractivity contribution in [3.8, 4) is 0 Å². The van der Waals surface area contributed by atoms with Gasteiger partial charge in [0.05, 0.1) is 26.4 Å². The van der Waals surface area contributed by atoms with Crippen LogP contribution in [0.1, 0.15) is 39.5 Å². The number of unbranched alkanes of at least 4 members (excludes halogenated alkanes) is 2. The molecule has 0 aliphatic rings. The van der Waals surface area contributed by atoms with Crippen molar-refractivity contribution >= 4 is 19.8 Å². The SMILES string of the molecule is C=C(C)C(=O)OCCCCOP(=O)([O-])OCCCCOC(=O)C(=C)C.[Na+]. The molecule has 26 heavy (non-hydrogen) atoms. The van der Waals surface area contributed by atoms with Crippen LogP contribution in [0, 0.1) is 0 Å². The maximum Gasteiger partial charge on any atom is 1.00 e. The molecule has 0 amide bonds. The number of phosphoric ester groups is 1. The van der Waals surface area contributed by atoms with Crippen molar-refractivity contribution in [1.82, 2.24) is 0 Å². The molecule has 0 N–H and O–H groups in total. The average molecular weight is 400 g/mol. The Bertz CT molecular complexity index is 478. The van der Waals surface area contributed by atoms with Gasteiger partial charge in [-0.25, -0.2) is 9.59 Å². The third-order valence-electron chi connectivity index (χ3n) is 2.74. The monoisotopic (exact) mass is 400 g/mol. The first-order valence-corrected chi connectivity index (χ1v) is 9.37. The van der Waals surface area contributed by atoms with Crippen LogP contribution in [-0.2, 0) is 32.7 Å². The summed E-state index contributed by atoms with van der Waals surface area (Å²) in [6, 6.07) is 0. The Balaban J connectivity index is 0. The fraction of sp³-hybridized carbons (Fsp3) is 0.625. The Kier molecular flexibility index (Phi) is 16.6. The molecule has 8 nitrogen and oxygen atoms in total. The van der Waals surface area contributed by atoms with Crippen molar-refractivity contribution in [2.45, 2.75) is 39.5 Å². The van der Waals surface area contributed by atoms with Gasteiger partial charge in [0.25, 0.3) is 7.82 Å². The number of hydrogen-bond donors (Lipinski definition) is 0. The number of rotatable bonds is 14. The van der Waals surface area contributed by atoms with Gasteiger partial charge in [0.1, 0.15) is 0 Å². The minimum absolute atomic E-state index is 0. The molecule has 0 heterocycles. The summed E-state index contributed by atoms with van der Waals surface area (Å²) in [5, 5.41) is 0. The summed E-state index contributed by atoms with van der Waals surface area (Å²) in [5.41, 5.74) is 0.617. The van der Waals surface area contributed by atoms with Gasteiger partial charge in [-0.05, 0) is 39.5 Å². The van der Waals surface area contributed by atoms with Crippen molar-refractivity contribution in [3.05, 3.63) is 24.3 Å². The Morgan fingerprint density at radius 1 is 0.808 bits per heavy atom. The Hall–Kier alpha value is -0.470. The fourth-order valence-corrected chi connectivity index (χ4v) is 2.15. The van der Waals surface area contributed by atoms with Gasteiger partial charge in [0.15, 0.2) is 0 Å². The molecule has 0 saturated carbocycles. The standard InChI is InChI=1S/C16H27O8P.Na/c1-13(2)15(17)21-9-5-7-11-23-25(19,20)24-12-8-6-10-22-16(18)14(3)4;/h1,3,5-12H2,2,4H3,(H,19,20);/q;+1/p-1. The van der Waals surface area contributed by atoms with Gasteiger partial charge in [0.2, 0.25) is 0 Å². The molecule has 0 aliphatic heterocycles. The van der Waals surface area contributed by atoms with E-state index in [9.17, 15) is 19.0 Å². The van der Waals surface area contributed by atoms with Gasteiger partial charge in [-0.3, -0.25) is 4.57 Å². The average Bonchev–Trinajstić information content (AvgIpc) is 2.53. The second kappa shape index (κ2) is 15.6. The summed E-state index contributed by atoms with van der Waals surface area (Å²) in [6.45, 7) is 10.2. The van der Waals surface area contributed by atoms with E-state index in [1.165, 1.54) is 0 Å². The van der Waals surface area contributed by atoms with Crippen LogP contribution in [0.2, 0.25) is 0 Å². The zero-order valence-corrected chi connectivity index (χ0v) is 18.7. The second-order valence-corrected chi connectivity index (χ2v) is 6.77. The van der Waals surface area contributed by atoms with Crippen LogP contribution in [0.4, 0.5) is 0 Å². The molecule has 0 unspecified atom stereocenters. The quantitative estimate of drug-likeness (QED) is 0.124. The van der Waals surface area contributed by atoms with Gasteiger partial charge >= 0.3 is 41.5 Å². The molecular formula is C16H26NaO8P. The maximum absolute atomic E-state index is 11.5. The Morgan fingerprint density at radius 2 is 1.12 bits per heavy atom. The van der Waals surface area contributed by atoms with E-state index in [-0.39, 0.29) is 56.0 Å². The number of ether oxygens (including phenoxy) is 2. The van der Waals surface area contributed by atoms with E-state index in [2.05, 4.69) is 22.2 Å². The van der Waals surface area contributed by atoms with Crippen molar-refractivity contribution < 1.29 is 67.1 Å². The first kappa shape index (κ1) is 27.7. The summed E-state index contributed by atoms with van der Waals surface area (Å²) < 4.78 is 30.6. The number of carbonyl (C=O) groups is 2. The smallest absolute Gasteiger partial charge is 0.756 e. The molecule has 0 bridgehead atoms. The van der Waals surface area contributed by atoms with Gasteiger partial charge < -0.3 is 23.4 Å². The van der Waals surface area contributed by atoms with Crippen LogP contribution < -0.4 is 34.5 Å². The van der Waals surface area contributed by atoms with E-state index in [4.69, 9.17) is 9.47 Å². The van der Waals surface area contributed by atoms with E-state index in [1.54, 1.807) is 13.8 Å². The van der Waals surface area contributed by atoms with Crippen LogP contribution >= 0.6 is 7.82 Å². The van der Waals surface area contributed by atoms with Gasteiger partial charge in [-0.15, -0.1) is 0 Å².